The number of ether oxygens (including phenoxy) is 2. The Morgan fingerprint density at radius 3 is 2.85 bits per heavy atom. The SMILES string of the molecule is c1ccc2c(c1)Cc1c(ncnc1NCCCCCN1CCOCC1)CO2. The second-order valence-corrected chi connectivity index (χ2v) is 7.16. The lowest BCUT2D eigenvalue weighted by Gasteiger charge is -2.26. The monoisotopic (exact) mass is 368 g/mol. The van der Waals surface area contributed by atoms with Crippen LogP contribution in [0.5, 0.6) is 5.75 Å². The molecule has 1 aromatic carbocycles. The predicted octanol–water partition coefficient (Wildman–Crippen LogP) is 2.87. The fraction of sp³-hybridized carbons (Fsp3) is 0.524. The second-order valence-electron chi connectivity index (χ2n) is 7.16. The van der Waals surface area contributed by atoms with Gasteiger partial charge in [-0.15, -0.1) is 0 Å². The van der Waals surface area contributed by atoms with Crippen LogP contribution >= 0.6 is 0 Å². The van der Waals surface area contributed by atoms with Crippen LogP contribution in [-0.4, -0.2) is 54.3 Å². The number of nitrogens with zero attached hydrogens (tertiary/aromatic N) is 3. The Morgan fingerprint density at radius 1 is 1.04 bits per heavy atom. The molecule has 0 aliphatic carbocycles. The molecule has 4 rings (SSSR count). The Hall–Kier alpha value is -2.18. The smallest absolute Gasteiger partial charge is 0.133 e. The molecule has 2 aliphatic rings. The lowest BCUT2D eigenvalue weighted by molar-refractivity contribution is 0.0372. The van der Waals surface area contributed by atoms with Gasteiger partial charge in [-0.1, -0.05) is 24.6 Å². The fourth-order valence-corrected chi connectivity index (χ4v) is 3.71. The number of para-hydroxylation sites is 1. The van der Waals surface area contributed by atoms with E-state index in [2.05, 4.69) is 32.3 Å². The first-order valence-electron chi connectivity index (χ1n) is 9.97. The van der Waals surface area contributed by atoms with Gasteiger partial charge in [0.25, 0.3) is 0 Å². The van der Waals surface area contributed by atoms with Gasteiger partial charge in [0.15, 0.2) is 0 Å². The van der Waals surface area contributed by atoms with E-state index in [9.17, 15) is 0 Å². The summed E-state index contributed by atoms with van der Waals surface area (Å²) in [6.07, 6.45) is 6.06. The summed E-state index contributed by atoms with van der Waals surface area (Å²) in [4.78, 5) is 11.4. The van der Waals surface area contributed by atoms with Crippen LogP contribution < -0.4 is 10.1 Å². The summed E-state index contributed by atoms with van der Waals surface area (Å²) in [5.41, 5.74) is 3.34. The largest absolute Gasteiger partial charge is 0.487 e. The summed E-state index contributed by atoms with van der Waals surface area (Å²) < 4.78 is 11.3. The molecule has 0 bridgehead atoms. The van der Waals surface area contributed by atoms with Gasteiger partial charge in [0.2, 0.25) is 0 Å². The first-order valence-corrected chi connectivity index (χ1v) is 9.97. The molecule has 1 saturated heterocycles. The van der Waals surface area contributed by atoms with Gasteiger partial charge < -0.3 is 14.8 Å². The number of rotatable bonds is 7. The van der Waals surface area contributed by atoms with E-state index >= 15 is 0 Å². The highest BCUT2D eigenvalue weighted by atomic mass is 16.5. The Morgan fingerprint density at radius 2 is 1.93 bits per heavy atom. The summed E-state index contributed by atoms with van der Waals surface area (Å²) in [5.74, 6) is 1.90. The number of unbranched alkanes of at least 4 members (excludes halogenated alkanes) is 2. The first-order chi connectivity index (χ1) is 13.4. The van der Waals surface area contributed by atoms with E-state index in [1.54, 1.807) is 6.33 Å². The molecule has 2 aromatic rings. The molecular formula is C21H28N4O2. The van der Waals surface area contributed by atoms with Gasteiger partial charge >= 0.3 is 0 Å². The Labute approximate surface area is 160 Å². The number of anilines is 1. The van der Waals surface area contributed by atoms with Crippen molar-refractivity contribution >= 4 is 5.82 Å². The van der Waals surface area contributed by atoms with Crippen molar-refractivity contribution in [3.8, 4) is 5.75 Å². The summed E-state index contributed by atoms with van der Waals surface area (Å²) in [6.45, 7) is 6.54. The molecule has 0 saturated carbocycles. The van der Waals surface area contributed by atoms with Gasteiger partial charge in [-0.25, -0.2) is 9.97 Å². The fourth-order valence-electron chi connectivity index (χ4n) is 3.71. The minimum Gasteiger partial charge on any atom is -0.487 e. The van der Waals surface area contributed by atoms with Gasteiger partial charge in [0, 0.05) is 31.6 Å². The van der Waals surface area contributed by atoms with Crippen molar-refractivity contribution in [1.82, 2.24) is 14.9 Å². The zero-order valence-electron chi connectivity index (χ0n) is 15.8. The molecule has 1 N–H and O–H groups in total. The molecule has 1 aromatic heterocycles. The molecule has 0 radical (unpaired) electrons. The Balaban J connectivity index is 1.28. The van der Waals surface area contributed by atoms with Crippen LogP contribution in [0.4, 0.5) is 5.82 Å². The summed E-state index contributed by atoms with van der Waals surface area (Å²) in [7, 11) is 0. The van der Waals surface area contributed by atoms with Crippen LogP contribution in [0.25, 0.3) is 0 Å². The van der Waals surface area contributed by atoms with Crippen molar-refractivity contribution in [2.75, 3.05) is 44.7 Å². The Kier molecular flexibility index (Phi) is 6.17. The van der Waals surface area contributed by atoms with Crippen LogP contribution in [0, 0.1) is 0 Å². The summed E-state index contributed by atoms with van der Waals surface area (Å²) in [6, 6.07) is 8.21. The number of nitrogens with one attached hydrogen (secondary N) is 1. The number of aromatic nitrogens is 2. The van der Waals surface area contributed by atoms with Gasteiger partial charge in [0.1, 0.15) is 24.5 Å². The molecule has 0 atom stereocenters. The van der Waals surface area contributed by atoms with E-state index < -0.39 is 0 Å². The number of hydrogen-bond donors (Lipinski definition) is 1. The summed E-state index contributed by atoms with van der Waals surface area (Å²) in [5, 5.41) is 3.53. The molecule has 3 heterocycles. The van der Waals surface area contributed by atoms with E-state index in [0.717, 1.165) is 68.5 Å². The molecule has 144 valence electrons. The standard InChI is InChI=1S/C21H28N4O2/c1(5-9-25-10-12-26-13-11-25)4-8-22-21-18-14-17-6-2-3-7-20(17)27-15-19(18)23-16-24-21/h2-3,6-7,16H,1,4-5,8-15H2,(H,22,23,24). The molecule has 0 unspecified atom stereocenters. The number of morpholine rings is 1. The zero-order valence-corrected chi connectivity index (χ0v) is 15.8. The van der Waals surface area contributed by atoms with E-state index in [1.165, 1.54) is 24.9 Å². The quantitative estimate of drug-likeness (QED) is 0.759. The maximum absolute atomic E-state index is 5.91. The maximum Gasteiger partial charge on any atom is 0.133 e. The van der Waals surface area contributed by atoms with Crippen molar-refractivity contribution in [3.05, 3.63) is 47.4 Å². The Bertz CT molecular complexity index is 747. The average Bonchev–Trinajstić information content (AvgIpc) is 2.91. The highest BCUT2D eigenvalue weighted by molar-refractivity contribution is 5.51. The van der Waals surface area contributed by atoms with E-state index in [4.69, 9.17) is 9.47 Å². The van der Waals surface area contributed by atoms with Crippen LogP contribution in [0.2, 0.25) is 0 Å². The van der Waals surface area contributed by atoms with Crippen LogP contribution in [0.3, 0.4) is 0 Å². The lowest BCUT2D eigenvalue weighted by Crippen LogP contribution is -2.36. The van der Waals surface area contributed by atoms with Crippen molar-refractivity contribution in [3.63, 3.8) is 0 Å². The van der Waals surface area contributed by atoms with Crippen molar-refractivity contribution in [2.24, 2.45) is 0 Å². The molecule has 2 aliphatic heterocycles. The van der Waals surface area contributed by atoms with Crippen molar-refractivity contribution in [1.29, 1.82) is 0 Å². The van der Waals surface area contributed by atoms with Gasteiger partial charge in [-0.3, -0.25) is 4.90 Å². The first kappa shape index (κ1) is 18.2. The number of benzene rings is 1. The topological polar surface area (TPSA) is 59.5 Å². The average molecular weight is 368 g/mol. The summed E-state index contributed by atoms with van der Waals surface area (Å²) >= 11 is 0. The number of fused-ring (bicyclic) bond motifs is 2. The normalized spacial score (nSPS) is 16.7. The van der Waals surface area contributed by atoms with Crippen LogP contribution in [0.1, 0.15) is 36.1 Å². The molecule has 0 spiro atoms. The van der Waals surface area contributed by atoms with Gasteiger partial charge in [-0.05, 0) is 31.0 Å². The third-order valence-corrected chi connectivity index (χ3v) is 5.29. The van der Waals surface area contributed by atoms with Crippen LogP contribution in [0.15, 0.2) is 30.6 Å². The van der Waals surface area contributed by atoms with Crippen LogP contribution in [-0.2, 0) is 17.8 Å². The molecule has 0 amide bonds. The minimum absolute atomic E-state index is 0.503. The van der Waals surface area contributed by atoms with E-state index in [0.29, 0.717) is 6.61 Å². The highest BCUT2D eigenvalue weighted by Gasteiger charge is 2.18. The zero-order chi connectivity index (χ0) is 18.3. The number of hydrogen-bond acceptors (Lipinski definition) is 6. The van der Waals surface area contributed by atoms with E-state index in [1.807, 2.05) is 12.1 Å². The van der Waals surface area contributed by atoms with Gasteiger partial charge in [-0.2, -0.15) is 0 Å². The van der Waals surface area contributed by atoms with Crippen molar-refractivity contribution in [2.45, 2.75) is 32.3 Å². The van der Waals surface area contributed by atoms with E-state index in [-0.39, 0.29) is 0 Å². The predicted molar refractivity (Wildman–Crippen MR) is 105 cm³/mol. The second kappa shape index (κ2) is 9.15. The van der Waals surface area contributed by atoms with Gasteiger partial charge in [0.05, 0.1) is 18.9 Å². The third kappa shape index (κ3) is 4.76. The molecule has 6 heteroatoms. The molecule has 1 fully saturated rings. The molecular weight excluding hydrogens is 340 g/mol. The lowest BCUT2D eigenvalue weighted by atomic mass is 10.0. The minimum atomic E-state index is 0.503. The van der Waals surface area contributed by atoms with Crippen molar-refractivity contribution < 1.29 is 9.47 Å². The highest BCUT2D eigenvalue weighted by Crippen LogP contribution is 2.30. The molecule has 27 heavy (non-hydrogen) atoms. The third-order valence-electron chi connectivity index (χ3n) is 5.29. The molecule has 6 nitrogen and oxygen atoms in total. The maximum atomic E-state index is 5.91.